The van der Waals surface area contributed by atoms with Crippen molar-refractivity contribution in [1.29, 1.82) is 0 Å². The number of aromatic nitrogens is 3. The van der Waals surface area contributed by atoms with Gasteiger partial charge in [0.15, 0.2) is 0 Å². The van der Waals surface area contributed by atoms with Crippen LogP contribution in [0.5, 0.6) is 0 Å². The summed E-state index contributed by atoms with van der Waals surface area (Å²) in [5, 5.41) is 7.27. The topological polar surface area (TPSA) is 83.0 Å². The minimum absolute atomic E-state index is 0.317. The van der Waals surface area contributed by atoms with Crippen LogP contribution in [0.15, 0.2) is 6.20 Å². The predicted molar refractivity (Wildman–Crippen MR) is 44.6 cm³/mol. The molecule has 0 saturated heterocycles. The molecular formula is C7H12N4O2. The maximum Gasteiger partial charge on any atom is 0.329 e. The Morgan fingerprint density at radius 2 is 2.54 bits per heavy atom. The molecule has 0 amide bonds. The van der Waals surface area contributed by atoms with Gasteiger partial charge in [-0.3, -0.25) is 4.68 Å². The normalized spacial score (nSPS) is 12.5. The molecule has 6 nitrogen and oxygen atoms in total. The van der Waals surface area contributed by atoms with Crippen LogP contribution in [0.4, 0.5) is 0 Å². The molecular weight excluding hydrogens is 172 g/mol. The molecule has 0 aromatic carbocycles. The quantitative estimate of drug-likeness (QED) is 0.633. The Bertz CT molecular complexity index is 296. The van der Waals surface area contributed by atoms with Gasteiger partial charge in [-0.15, -0.1) is 5.10 Å². The van der Waals surface area contributed by atoms with E-state index in [2.05, 4.69) is 10.3 Å². The first-order valence-corrected chi connectivity index (χ1v) is 3.93. The summed E-state index contributed by atoms with van der Waals surface area (Å²) >= 11 is 0. The van der Waals surface area contributed by atoms with Crippen LogP contribution in [0, 0.1) is 0 Å². The van der Waals surface area contributed by atoms with Crippen molar-refractivity contribution >= 4 is 5.97 Å². The summed E-state index contributed by atoms with van der Waals surface area (Å²) in [6.45, 7) is 2.05. The maximum atomic E-state index is 11.2. The van der Waals surface area contributed by atoms with Crippen LogP contribution in [-0.4, -0.2) is 27.6 Å². The van der Waals surface area contributed by atoms with Crippen molar-refractivity contribution in [2.75, 3.05) is 6.61 Å². The number of hydrogen-bond acceptors (Lipinski definition) is 5. The van der Waals surface area contributed by atoms with E-state index in [4.69, 9.17) is 10.5 Å². The van der Waals surface area contributed by atoms with Crippen LogP contribution >= 0.6 is 0 Å². The van der Waals surface area contributed by atoms with Gasteiger partial charge in [-0.05, 0) is 6.92 Å². The summed E-state index contributed by atoms with van der Waals surface area (Å²) in [6, 6.07) is -0.806. The van der Waals surface area contributed by atoms with Crippen molar-refractivity contribution in [3.63, 3.8) is 0 Å². The summed E-state index contributed by atoms with van der Waals surface area (Å²) in [5.74, 6) is -0.465. The molecule has 1 atom stereocenters. The van der Waals surface area contributed by atoms with Crippen LogP contribution in [0.2, 0.25) is 0 Å². The monoisotopic (exact) mass is 184 g/mol. The SMILES string of the molecule is CCOC(=O)C(N)c1cnnn1C. The first kappa shape index (κ1) is 9.66. The Morgan fingerprint density at radius 1 is 1.85 bits per heavy atom. The number of carbonyl (C=O) groups is 1. The number of nitrogens with two attached hydrogens (primary N) is 1. The third kappa shape index (κ3) is 2.03. The molecule has 0 aliphatic carbocycles. The zero-order chi connectivity index (χ0) is 9.84. The van der Waals surface area contributed by atoms with Crippen molar-refractivity contribution in [2.45, 2.75) is 13.0 Å². The predicted octanol–water partition coefficient (Wildman–Crippen LogP) is -0.622. The molecule has 0 aliphatic heterocycles. The fraction of sp³-hybridized carbons (Fsp3) is 0.571. The zero-order valence-electron chi connectivity index (χ0n) is 7.60. The fourth-order valence-electron chi connectivity index (χ4n) is 0.932. The molecule has 0 bridgehead atoms. The maximum absolute atomic E-state index is 11.2. The van der Waals surface area contributed by atoms with Crippen LogP contribution in [0.3, 0.4) is 0 Å². The van der Waals surface area contributed by atoms with E-state index < -0.39 is 12.0 Å². The molecule has 1 aromatic rings. The van der Waals surface area contributed by atoms with E-state index in [-0.39, 0.29) is 0 Å². The fourth-order valence-corrected chi connectivity index (χ4v) is 0.932. The first-order chi connectivity index (χ1) is 6.16. The second kappa shape index (κ2) is 3.99. The van der Waals surface area contributed by atoms with Crippen molar-refractivity contribution in [3.8, 4) is 0 Å². The summed E-state index contributed by atoms with van der Waals surface area (Å²) in [6.07, 6.45) is 1.45. The van der Waals surface area contributed by atoms with Gasteiger partial charge < -0.3 is 10.5 Å². The molecule has 0 spiro atoms. The van der Waals surface area contributed by atoms with Crippen LogP contribution in [0.25, 0.3) is 0 Å². The van der Waals surface area contributed by atoms with E-state index in [1.807, 2.05) is 0 Å². The van der Waals surface area contributed by atoms with E-state index in [1.54, 1.807) is 14.0 Å². The van der Waals surface area contributed by atoms with Gasteiger partial charge in [0.05, 0.1) is 18.5 Å². The van der Waals surface area contributed by atoms with Gasteiger partial charge in [0, 0.05) is 7.05 Å². The van der Waals surface area contributed by atoms with Crippen LogP contribution in [0.1, 0.15) is 18.7 Å². The molecule has 6 heteroatoms. The number of carbonyl (C=O) groups excluding carboxylic acids is 1. The largest absolute Gasteiger partial charge is 0.465 e. The number of nitrogens with zero attached hydrogens (tertiary/aromatic N) is 3. The highest BCUT2D eigenvalue weighted by atomic mass is 16.5. The third-order valence-electron chi connectivity index (χ3n) is 1.61. The Balaban J connectivity index is 2.73. The van der Waals surface area contributed by atoms with E-state index in [9.17, 15) is 4.79 Å². The minimum atomic E-state index is -0.806. The Morgan fingerprint density at radius 3 is 3.00 bits per heavy atom. The van der Waals surface area contributed by atoms with Crippen molar-refractivity contribution in [3.05, 3.63) is 11.9 Å². The average molecular weight is 184 g/mol. The van der Waals surface area contributed by atoms with E-state index >= 15 is 0 Å². The molecule has 1 unspecified atom stereocenters. The minimum Gasteiger partial charge on any atom is -0.465 e. The summed E-state index contributed by atoms with van der Waals surface area (Å²) in [5.41, 5.74) is 6.13. The molecule has 1 rings (SSSR count). The molecule has 1 heterocycles. The molecule has 72 valence electrons. The molecule has 0 saturated carbocycles. The number of rotatable bonds is 3. The highest BCUT2D eigenvalue weighted by Crippen LogP contribution is 2.08. The van der Waals surface area contributed by atoms with E-state index in [1.165, 1.54) is 10.9 Å². The molecule has 0 radical (unpaired) electrons. The smallest absolute Gasteiger partial charge is 0.329 e. The Labute approximate surface area is 75.7 Å². The van der Waals surface area contributed by atoms with Gasteiger partial charge in [-0.25, -0.2) is 4.79 Å². The summed E-state index contributed by atoms with van der Waals surface area (Å²) < 4.78 is 6.20. The summed E-state index contributed by atoms with van der Waals surface area (Å²) in [4.78, 5) is 11.2. The van der Waals surface area contributed by atoms with E-state index in [0.717, 1.165) is 0 Å². The molecule has 13 heavy (non-hydrogen) atoms. The van der Waals surface area contributed by atoms with Crippen LogP contribution in [-0.2, 0) is 16.6 Å². The Kier molecular flexibility index (Phi) is 2.97. The summed E-state index contributed by atoms with van der Waals surface area (Å²) in [7, 11) is 1.67. The first-order valence-electron chi connectivity index (χ1n) is 3.93. The highest BCUT2D eigenvalue weighted by molar-refractivity contribution is 5.76. The lowest BCUT2D eigenvalue weighted by atomic mass is 10.2. The second-order valence-electron chi connectivity index (χ2n) is 2.51. The molecule has 2 N–H and O–H groups in total. The van der Waals surface area contributed by atoms with Gasteiger partial charge in [-0.1, -0.05) is 5.21 Å². The molecule has 0 fully saturated rings. The van der Waals surface area contributed by atoms with Gasteiger partial charge in [0.1, 0.15) is 6.04 Å². The Hall–Kier alpha value is -1.43. The second-order valence-corrected chi connectivity index (χ2v) is 2.51. The third-order valence-corrected chi connectivity index (χ3v) is 1.61. The van der Waals surface area contributed by atoms with E-state index in [0.29, 0.717) is 12.3 Å². The highest BCUT2D eigenvalue weighted by Gasteiger charge is 2.20. The van der Waals surface area contributed by atoms with Crippen molar-refractivity contribution in [1.82, 2.24) is 15.0 Å². The number of esters is 1. The molecule has 1 aromatic heterocycles. The lowest BCUT2D eigenvalue weighted by molar-refractivity contribution is -0.145. The number of hydrogen-bond donors (Lipinski definition) is 1. The lowest BCUT2D eigenvalue weighted by Crippen LogP contribution is -2.25. The lowest BCUT2D eigenvalue weighted by Gasteiger charge is -2.09. The van der Waals surface area contributed by atoms with Gasteiger partial charge in [0.2, 0.25) is 0 Å². The zero-order valence-corrected chi connectivity index (χ0v) is 7.60. The standard InChI is InChI=1S/C7H12N4O2/c1-3-13-7(12)6(8)5-4-9-10-11(5)2/h4,6H,3,8H2,1-2H3. The van der Waals surface area contributed by atoms with Gasteiger partial charge in [-0.2, -0.15) is 0 Å². The van der Waals surface area contributed by atoms with Crippen LogP contribution < -0.4 is 5.73 Å². The average Bonchev–Trinajstić information content (AvgIpc) is 2.50. The number of aryl methyl sites for hydroxylation is 1. The van der Waals surface area contributed by atoms with Crippen molar-refractivity contribution < 1.29 is 9.53 Å². The molecule has 0 aliphatic rings. The van der Waals surface area contributed by atoms with Crippen molar-refractivity contribution in [2.24, 2.45) is 12.8 Å². The van der Waals surface area contributed by atoms with Gasteiger partial charge in [0.25, 0.3) is 0 Å². The van der Waals surface area contributed by atoms with Gasteiger partial charge >= 0.3 is 5.97 Å². The number of ether oxygens (including phenoxy) is 1.